The van der Waals surface area contributed by atoms with Gasteiger partial charge in [-0.2, -0.15) is 4.31 Å². The van der Waals surface area contributed by atoms with Crippen LogP contribution in [0.1, 0.15) is 24.0 Å². The van der Waals surface area contributed by atoms with E-state index in [-0.39, 0.29) is 10.8 Å². The summed E-state index contributed by atoms with van der Waals surface area (Å²) in [6.07, 6.45) is 1.18. The van der Waals surface area contributed by atoms with Crippen molar-refractivity contribution in [1.82, 2.24) is 4.31 Å². The van der Waals surface area contributed by atoms with E-state index in [1.807, 2.05) is 62.4 Å². The minimum absolute atomic E-state index is 0.224. The van der Waals surface area contributed by atoms with Gasteiger partial charge in [-0.3, -0.25) is 4.79 Å². The molecule has 1 aliphatic rings. The van der Waals surface area contributed by atoms with Gasteiger partial charge in [0.05, 0.1) is 4.90 Å². The summed E-state index contributed by atoms with van der Waals surface area (Å²) in [7, 11) is -3.76. The molecule has 1 N–H and O–H groups in total. The summed E-state index contributed by atoms with van der Waals surface area (Å²) < 4.78 is 27.9. The van der Waals surface area contributed by atoms with Crippen molar-refractivity contribution in [1.29, 1.82) is 0 Å². The molecule has 150 valence electrons. The SMILES string of the molecule is Cc1ccc(NC(=O)C2CCCN2S(=O)(=O)c2ccc3ccccc3c2)c(C)c1. The van der Waals surface area contributed by atoms with E-state index in [0.29, 0.717) is 19.4 Å². The van der Waals surface area contributed by atoms with E-state index in [0.717, 1.165) is 27.6 Å². The summed E-state index contributed by atoms with van der Waals surface area (Å²) in [4.78, 5) is 13.2. The van der Waals surface area contributed by atoms with Crippen LogP contribution in [0.3, 0.4) is 0 Å². The van der Waals surface area contributed by atoms with Crippen molar-refractivity contribution in [3.63, 3.8) is 0 Å². The van der Waals surface area contributed by atoms with Crippen LogP contribution in [0.4, 0.5) is 5.69 Å². The number of nitrogens with zero attached hydrogens (tertiary/aromatic N) is 1. The Bertz CT molecular complexity index is 1190. The highest BCUT2D eigenvalue weighted by Crippen LogP contribution is 2.29. The number of sulfonamides is 1. The van der Waals surface area contributed by atoms with E-state index in [9.17, 15) is 13.2 Å². The van der Waals surface area contributed by atoms with Gasteiger partial charge in [-0.05, 0) is 61.2 Å². The van der Waals surface area contributed by atoms with Crippen LogP contribution in [0.15, 0.2) is 65.6 Å². The zero-order valence-electron chi connectivity index (χ0n) is 16.6. The summed E-state index contributed by atoms with van der Waals surface area (Å²) in [6, 6.07) is 17.8. The molecule has 0 radical (unpaired) electrons. The third-order valence-corrected chi connectivity index (χ3v) is 7.38. The molecule has 1 amide bonds. The first-order chi connectivity index (χ1) is 13.9. The first-order valence-electron chi connectivity index (χ1n) is 9.75. The van der Waals surface area contributed by atoms with Gasteiger partial charge in [0.1, 0.15) is 6.04 Å². The topological polar surface area (TPSA) is 66.5 Å². The fourth-order valence-electron chi connectivity index (χ4n) is 3.92. The second-order valence-corrected chi connectivity index (χ2v) is 9.48. The minimum Gasteiger partial charge on any atom is -0.324 e. The lowest BCUT2D eigenvalue weighted by Crippen LogP contribution is -2.43. The molecule has 4 rings (SSSR count). The predicted octanol–water partition coefficient (Wildman–Crippen LogP) is 4.25. The fourth-order valence-corrected chi connectivity index (χ4v) is 5.62. The molecular formula is C23H24N2O3S. The van der Waals surface area contributed by atoms with Gasteiger partial charge >= 0.3 is 0 Å². The highest BCUT2D eigenvalue weighted by molar-refractivity contribution is 7.89. The van der Waals surface area contributed by atoms with Gasteiger partial charge in [0.25, 0.3) is 0 Å². The van der Waals surface area contributed by atoms with E-state index >= 15 is 0 Å². The van der Waals surface area contributed by atoms with Crippen LogP contribution in [0.25, 0.3) is 10.8 Å². The van der Waals surface area contributed by atoms with Crippen LogP contribution >= 0.6 is 0 Å². The van der Waals surface area contributed by atoms with Crippen molar-refractivity contribution < 1.29 is 13.2 Å². The van der Waals surface area contributed by atoms with Gasteiger partial charge in [0, 0.05) is 12.2 Å². The summed E-state index contributed by atoms with van der Waals surface area (Å²) >= 11 is 0. The molecular weight excluding hydrogens is 384 g/mol. The molecule has 0 saturated carbocycles. The van der Waals surface area contributed by atoms with Gasteiger partial charge in [0.2, 0.25) is 15.9 Å². The zero-order chi connectivity index (χ0) is 20.6. The number of benzene rings is 3. The second kappa shape index (κ2) is 7.61. The maximum absolute atomic E-state index is 13.3. The molecule has 1 fully saturated rings. The fraction of sp³-hybridized carbons (Fsp3) is 0.261. The summed E-state index contributed by atoms with van der Waals surface area (Å²) in [5.41, 5.74) is 2.79. The molecule has 0 bridgehead atoms. The number of hydrogen-bond acceptors (Lipinski definition) is 3. The Morgan fingerprint density at radius 1 is 1.00 bits per heavy atom. The van der Waals surface area contributed by atoms with Crippen molar-refractivity contribution in [2.45, 2.75) is 37.6 Å². The number of nitrogens with one attached hydrogen (secondary N) is 1. The Hall–Kier alpha value is -2.70. The molecule has 3 aromatic carbocycles. The van der Waals surface area contributed by atoms with Gasteiger partial charge < -0.3 is 5.32 Å². The maximum atomic E-state index is 13.3. The largest absolute Gasteiger partial charge is 0.324 e. The maximum Gasteiger partial charge on any atom is 0.243 e. The van der Waals surface area contributed by atoms with E-state index in [4.69, 9.17) is 0 Å². The van der Waals surface area contributed by atoms with Crippen LogP contribution < -0.4 is 5.32 Å². The molecule has 1 heterocycles. The van der Waals surface area contributed by atoms with E-state index in [1.54, 1.807) is 12.1 Å². The first kappa shape index (κ1) is 19.6. The van der Waals surface area contributed by atoms with Crippen LogP contribution in [0, 0.1) is 13.8 Å². The molecule has 5 nitrogen and oxygen atoms in total. The Kier molecular flexibility index (Phi) is 5.15. The Labute approximate surface area is 171 Å². The molecule has 1 unspecified atom stereocenters. The lowest BCUT2D eigenvalue weighted by molar-refractivity contribution is -0.119. The summed E-state index contributed by atoms with van der Waals surface area (Å²) in [5.74, 6) is -0.279. The Morgan fingerprint density at radius 3 is 2.52 bits per heavy atom. The molecule has 3 aromatic rings. The third kappa shape index (κ3) is 3.78. The number of aryl methyl sites for hydroxylation is 2. The molecule has 29 heavy (non-hydrogen) atoms. The van der Waals surface area contributed by atoms with E-state index in [2.05, 4.69) is 5.32 Å². The highest BCUT2D eigenvalue weighted by Gasteiger charge is 2.39. The van der Waals surface area contributed by atoms with Crippen LogP contribution in [0.2, 0.25) is 0 Å². The van der Waals surface area contributed by atoms with Crippen molar-refractivity contribution in [3.8, 4) is 0 Å². The quantitative estimate of drug-likeness (QED) is 0.702. The van der Waals surface area contributed by atoms with Gasteiger partial charge in [0.15, 0.2) is 0 Å². The average Bonchev–Trinajstić information content (AvgIpc) is 3.20. The second-order valence-electron chi connectivity index (χ2n) is 7.59. The minimum atomic E-state index is -3.76. The molecule has 1 saturated heterocycles. The van der Waals surface area contributed by atoms with Crippen LogP contribution in [0.5, 0.6) is 0 Å². The lowest BCUT2D eigenvalue weighted by atomic mass is 10.1. The number of fused-ring (bicyclic) bond motifs is 1. The smallest absolute Gasteiger partial charge is 0.243 e. The molecule has 1 atom stereocenters. The van der Waals surface area contributed by atoms with Crippen LogP contribution in [-0.4, -0.2) is 31.2 Å². The molecule has 0 aliphatic carbocycles. The Balaban J connectivity index is 1.61. The van der Waals surface area contributed by atoms with E-state index in [1.165, 1.54) is 4.31 Å². The summed E-state index contributed by atoms with van der Waals surface area (Å²) in [6.45, 7) is 4.27. The number of carbonyl (C=O) groups is 1. The third-order valence-electron chi connectivity index (χ3n) is 5.47. The van der Waals surface area contributed by atoms with Crippen molar-refractivity contribution >= 4 is 32.4 Å². The molecule has 1 aliphatic heterocycles. The molecule has 0 aromatic heterocycles. The van der Waals surface area contributed by atoms with Gasteiger partial charge in [-0.15, -0.1) is 0 Å². The highest BCUT2D eigenvalue weighted by atomic mass is 32.2. The standard InChI is InChI=1S/C23H24N2O3S/c1-16-9-12-21(17(2)14-16)24-23(26)22-8-5-13-25(22)29(27,28)20-11-10-18-6-3-4-7-19(18)15-20/h3-4,6-7,9-12,14-15,22H,5,8,13H2,1-2H3,(H,24,26). The monoisotopic (exact) mass is 408 g/mol. The molecule has 0 spiro atoms. The normalized spacial score (nSPS) is 17.5. The van der Waals surface area contributed by atoms with Crippen LogP contribution in [-0.2, 0) is 14.8 Å². The number of carbonyl (C=O) groups excluding carboxylic acids is 1. The number of anilines is 1. The number of hydrogen-bond donors (Lipinski definition) is 1. The Morgan fingerprint density at radius 2 is 1.76 bits per heavy atom. The van der Waals surface area contributed by atoms with E-state index < -0.39 is 16.1 Å². The zero-order valence-corrected chi connectivity index (χ0v) is 17.4. The van der Waals surface area contributed by atoms with Crippen molar-refractivity contribution in [2.24, 2.45) is 0 Å². The van der Waals surface area contributed by atoms with Gasteiger partial charge in [-0.1, -0.05) is 48.0 Å². The first-order valence-corrected chi connectivity index (χ1v) is 11.2. The molecule has 6 heteroatoms. The van der Waals surface area contributed by atoms with Crippen molar-refractivity contribution in [2.75, 3.05) is 11.9 Å². The number of amides is 1. The predicted molar refractivity (Wildman–Crippen MR) is 115 cm³/mol. The average molecular weight is 409 g/mol. The van der Waals surface area contributed by atoms with Gasteiger partial charge in [-0.25, -0.2) is 8.42 Å². The summed E-state index contributed by atoms with van der Waals surface area (Å²) in [5, 5.41) is 4.77. The number of rotatable bonds is 4. The van der Waals surface area contributed by atoms with Crippen molar-refractivity contribution in [3.05, 3.63) is 71.8 Å². The lowest BCUT2D eigenvalue weighted by Gasteiger charge is -2.24.